The fraction of sp³-hybridized carbons (Fsp3) is 0.429. The Kier molecular flexibility index (Phi) is 1.34. The molecule has 1 aliphatic rings. The van der Waals surface area contributed by atoms with Gasteiger partial charge in [-0.25, -0.2) is 0 Å². The monoisotopic (exact) mass is 168 g/mol. The molecule has 5 nitrogen and oxygen atoms in total. The molecule has 0 saturated carbocycles. The summed E-state index contributed by atoms with van der Waals surface area (Å²) in [6.45, 7) is 1.04. The third-order valence-corrected chi connectivity index (χ3v) is 1.92. The second kappa shape index (κ2) is 2.60. The van der Waals surface area contributed by atoms with Crippen LogP contribution in [0.25, 0.3) is 0 Å². The molecule has 2 rings (SSSR count). The first-order chi connectivity index (χ1) is 6.33. The van der Waals surface area contributed by atoms with Crippen molar-refractivity contribution in [1.29, 1.82) is 0 Å². The number of carbonyl (C=O) groups is 1. The number of ether oxygens (including phenoxy) is 1. The van der Waals surface area contributed by atoms with Gasteiger partial charge in [-0.05, 0) is 0 Å². The number of fused-ring (bicyclic) bond motifs is 1. The van der Waals surface area contributed by atoms with Crippen molar-refractivity contribution in [1.82, 2.24) is 10.2 Å². The second-order valence-electron chi connectivity index (χ2n) is 2.66. The molecule has 2 heterocycles. The third-order valence-electron chi connectivity index (χ3n) is 1.92. The number of nitrogens with zero attached hydrogens (tertiary/aromatic N) is 1. The number of hydrogen-bond acceptors (Lipinski definition) is 3. The van der Waals surface area contributed by atoms with E-state index in [9.17, 15) is 4.79 Å². The maximum absolute atomic E-state index is 11.1. The van der Waals surface area contributed by atoms with Crippen LogP contribution in [-0.4, -0.2) is 22.7 Å². The molecule has 0 saturated heterocycles. The summed E-state index contributed by atoms with van der Waals surface area (Å²) in [6.07, 6.45) is 0.675. The van der Waals surface area contributed by atoms with Crippen LogP contribution in [0.4, 0.5) is 0 Å². The highest BCUT2D eigenvalue weighted by atomic mass is 16.5. The van der Waals surface area contributed by atoms with E-state index in [1.54, 1.807) is 0 Å². The number of carbonyl (C=O) groups excluding carboxylic acids is 1. The summed E-state index contributed by atoms with van der Waals surface area (Å²) in [6, 6.07) is 0. The van der Waals surface area contributed by atoms with Crippen LogP contribution in [0.2, 0.25) is 1.41 Å². The lowest BCUT2D eigenvalue weighted by molar-refractivity contribution is 0.0985. The molecule has 0 aliphatic carbocycles. The number of aromatic nitrogens is 2. The molecule has 64 valence electrons. The van der Waals surface area contributed by atoms with Crippen molar-refractivity contribution in [2.45, 2.75) is 13.0 Å². The van der Waals surface area contributed by atoms with E-state index in [0.29, 0.717) is 25.3 Å². The van der Waals surface area contributed by atoms with E-state index in [4.69, 9.17) is 6.15 Å². The van der Waals surface area contributed by atoms with Crippen LogP contribution in [-0.2, 0) is 17.8 Å². The number of aromatic amines is 1. The van der Waals surface area contributed by atoms with Gasteiger partial charge in [0.05, 0.1) is 18.9 Å². The lowest BCUT2D eigenvalue weighted by atomic mass is 10.1. The zero-order chi connectivity index (χ0) is 9.26. The Morgan fingerprint density at radius 3 is 3.58 bits per heavy atom. The summed E-state index contributed by atoms with van der Waals surface area (Å²) in [5.41, 5.74) is 3.84. The Morgan fingerprint density at radius 2 is 2.75 bits per heavy atom. The molecule has 0 aromatic carbocycles. The number of hydrogen-bond donors (Lipinski definition) is 2. The summed E-state index contributed by atoms with van der Waals surface area (Å²) in [5, 5.41) is 6.54. The van der Waals surface area contributed by atoms with E-state index < -0.39 is 5.91 Å². The minimum atomic E-state index is -0.448. The van der Waals surface area contributed by atoms with Gasteiger partial charge in [0.25, 0.3) is 5.91 Å². The molecule has 0 atom stereocenters. The molecule has 0 radical (unpaired) electrons. The van der Waals surface area contributed by atoms with Crippen LogP contribution in [0.15, 0.2) is 0 Å². The molecule has 3 N–H and O–H groups in total. The minimum Gasteiger partial charge on any atom is -0.375 e. The Hall–Kier alpha value is -1.36. The number of nitrogens with one attached hydrogen (secondary N) is 1. The van der Waals surface area contributed by atoms with Gasteiger partial charge in [0.1, 0.15) is 5.69 Å². The first-order valence-electron chi connectivity index (χ1n) is 4.19. The number of nitrogens with two attached hydrogens (primary N) is 1. The minimum absolute atomic E-state index is 0.383. The van der Waals surface area contributed by atoms with E-state index in [1.807, 2.05) is 5.73 Å². The lowest BCUT2D eigenvalue weighted by Crippen LogP contribution is -2.16. The Morgan fingerprint density at radius 1 is 1.83 bits per heavy atom. The van der Waals surface area contributed by atoms with Gasteiger partial charge in [-0.1, -0.05) is 0 Å². The average molecular weight is 168 g/mol. The van der Waals surface area contributed by atoms with Gasteiger partial charge in [0.2, 0.25) is 0 Å². The topological polar surface area (TPSA) is 81.0 Å². The fourth-order valence-electron chi connectivity index (χ4n) is 1.32. The van der Waals surface area contributed by atoms with Crippen LogP contribution in [0, 0.1) is 0 Å². The van der Waals surface area contributed by atoms with Crippen molar-refractivity contribution in [2.24, 2.45) is 5.73 Å². The second-order valence-corrected chi connectivity index (χ2v) is 2.66. The third kappa shape index (κ3) is 0.984. The summed E-state index contributed by atoms with van der Waals surface area (Å²) < 4.78 is 11.9. The zero-order valence-corrected chi connectivity index (χ0v) is 6.39. The maximum Gasteiger partial charge on any atom is 0.267 e. The predicted octanol–water partition coefficient (Wildman–Crippen LogP) is -0.419. The standard InChI is InChI=1S/C7H9N3O2/c8-7(11)6-4-1-2-12-3-5(4)9-10-6/h1-3H2,(H2,8,11)(H,9,10)/i/hD. The molecule has 1 aromatic heterocycles. The Balaban J connectivity index is 2.36. The first-order valence-corrected chi connectivity index (χ1v) is 3.69. The average Bonchev–Trinajstić information content (AvgIpc) is 2.60. The Labute approximate surface area is 70.4 Å². The lowest BCUT2D eigenvalue weighted by Gasteiger charge is -2.10. The van der Waals surface area contributed by atoms with E-state index in [0.717, 1.165) is 11.3 Å². The number of amides is 1. The van der Waals surface area contributed by atoms with Crippen molar-refractivity contribution in [3.63, 3.8) is 0 Å². The van der Waals surface area contributed by atoms with E-state index in [2.05, 4.69) is 10.2 Å². The maximum atomic E-state index is 11.1. The molecule has 0 fully saturated rings. The molecule has 1 aromatic rings. The van der Waals surface area contributed by atoms with Crippen LogP contribution >= 0.6 is 0 Å². The summed E-state index contributed by atoms with van der Waals surface area (Å²) in [7, 11) is 0. The van der Waals surface area contributed by atoms with Crippen molar-refractivity contribution < 1.29 is 10.9 Å². The van der Waals surface area contributed by atoms with Crippen molar-refractivity contribution in [2.75, 3.05) is 6.61 Å². The number of primary amides is 1. The van der Waals surface area contributed by atoms with Crippen LogP contribution in [0.3, 0.4) is 0 Å². The summed E-state index contributed by atoms with van der Waals surface area (Å²) in [5.74, 6) is -0.448. The van der Waals surface area contributed by atoms with Crippen LogP contribution in [0.1, 0.15) is 21.7 Å². The van der Waals surface area contributed by atoms with Gasteiger partial charge < -0.3 is 10.5 Å². The smallest absolute Gasteiger partial charge is 0.267 e. The van der Waals surface area contributed by atoms with E-state index >= 15 is 0 Å². The van der Waals surface area contributed by atoms with Gasteiger partial charge in [0.15, 0.2) is 1.41 Å². The Bertz CT molecular complexity index is 336. The van der Waals surface area contributed by atoms with Crippen LogP contribution < -0.4 is 5.73 Å². The van der Waals surface area contributed by atoms with Gasteiger partial charge >= 0.3 is 0 Å². The SMILES string of the molecule is [2H]NC(=O)c1[nH]nc2c1CCOC2. The van der Waals surface area contributed by atoms with Gasteiger partial charge in [-0.3, -0.25) is 9.89 Å². The highest BCUT2D eigenvalue weighted by Gasteiger charge is 2.19. The number of H-pyrrole nitrogens is 1. The quantitative estimate of drug-likeness (QED) is 0.597. The van der Waals surface area contributed by atoms with E-state index in [1.165, 1.54) is 0 Å². The highest BCUT2D eigenvalue weighted by Crippen LogP contribution is 2.17. The van der Waals surface area contributed by atoms with E-state index in [-0.39, 0.29) is 0 Å². The number of rotatable bonds is 1. The predicted molar refractivity (Wildman–Crippen MR) is 40.5 cm³/mol. The molecule has 0 unspecified atom stereocenters. The molecule has 1 amide bonds. The normalized spacial score (nSPS) is 16.5. The molecular formula is C7H9N3O2. The molecular weight excluding hydrogens is 158 g/mol. The van der Waals surface area contributed by atoms with Crippen molar-refractivity contribution >= 4 is 5.91 Å². The summed E-state index contributed by atoms with van der Waals surface area (Å²) in [4.78, 5) is 11.1. The zero-order valence-electron chi connectivity index (χ0n) is 7.39. The van der Waals surface area contributed by atoms with Crippen molar-refractivity contribution in [3.8, 4) is 0 Å². The molecule has 0 spiro atoms. The molecule has 5 heteroatoms. The first kappa shape index (κ1) is 6.19. The largest absolute Gasteiger partial charge is 0.375 e. The van der Waals surface area contributed by atoms with Crippen LogP contribution in [0.5, 0.6) is 0 Å². The summed E-state index contributed by atoms with van der Waals surface area (Å²) >= 11 is 0. The van der Waals surface area contributed by atoms with Crippen molar-refractivity contribution in [3.05, 3.63) is 17.0 Å². The van der Waals surface area contributed by atoms with Gasteiger partial charge in [-0.15, -0.1) is 0 Å². The van der Waals surface area contributed by atoms with Gasteiger partial charge in [0, 0.05) is 12.0 Å². The van der Waals surface area contributed by atoms with Gasteiger partial charge in [-0.2, -0.15) is 5.10 Å². The fourth-order valence-corrected chi connectivity index (χ4v) is 1.32. The molecule has 12 heavy (non-hydrogen) atoms. The highest BCUT2D eigenvalue weighted by molar-refractivity contribution is 5.92. The molecule has 0 bridgehead atoms. The molecule has 1 aliphatic heterocycles.